The first-order valence-corrected chi connectivity index (χ1v) is 11.3. The first kappa shape index (κ1) is 20.2. The highest BCUT2D eigenvalue weighted by Gasteiger charge is 2.16. The van der Waals surface area contributed by atoms with Crippen molar-refractivity contribution in [3.63, 3.8) is 0 Å². The average molecular weight is 437 g/mol. The van der Waals surface area contributed by atoms with Crippen molar-refractivity contribution in [1.82, 2.24) is 24.7 Å². The van der Waals surface area contributed by atoms with Gasteiger partial charge in [-0.15, -0.1) is 21.5 Å². The van der Waals surface area contributed by atoms with E-state index in [-0.39, 0.29) is 11.7 Å². The summed E-state index contributed by atoms with van der Waals surface area (Å²) in [4.78, 5) is 21.3. The van der Waals surface area contributed by atoms with E-state index >= 15 is 0 Å². The van der Waals surface area contributed by atoms with Crippen LogP contribution in [0, 0.1) is 6.92 Å². The molecule has 0 fully saturated rings. The fraction of sp³-hybridized carbons (Fsp3) is 0.190. The Morgan fingerprint density at radius 1 is 1.13 bits per heavy atom. The molecule has 0 radical (unpaired) electrons. The number of benzene rings is 1. The number of nitrogens with one attached hydrogen (secondary N) is 1. The van der Waals surface area contributed by atoms with Gasteiger partial charge in [0, 0.05) is 23.7 Å². The molecule has 4 rings (SSSR count). The largest absolute Gasteiger partial charge is 0.301 e. The lowest BCUT2D eigenvalue weighted by molar-refractivity contribution is -0.113. The van der Waals surface area contributed by atoms with Crippen molar-refractivity contribution in [2.75, 3.05) is 11.1 Å². The number of thiazole rings is 1. The minimum Gasteiger partial charge on any atom is -0.301 e. The molecule has 1 amide bonds. The number of amides is 1. The summed E-state index contributed by atoms with van der Waals surface area (Å²) in [5.74, 6) is 0.790. The molecule has 0 aliphatic carbocycles. The number of aryl methyl sites for hydroxylation is 1. The smallest absolute Gasteiger partial charge is 0.236 e. The molecule has 4 aromatic rings. The maximum Gasteiger partial charge on any atom is 0.236 e. The SMILES string of the molecule is CCn1c(SCC(=O)Nc2nc(-c3ccc(C)cc3)cs2)nnc1-c1ccccn1. The van der Waals surface area contributed by atoms with E-state index in [1.54, 1.807) is 6.20 Å². The normalized spacial score (nSPS) is 10.9. The summed E-state index contributed by atoms with van der Waals surface area (Å²) in [7, 11) is 0. The van der Waals surface area contributed by atoms with Crippen molar-refractivity contribution >= 4 is 34.1 Å². The Bertz CT molecular complexity index is 1140. The van der Waals surface area contributed by atoms with Crippen molar-refractivity contribution in [1.29, 1.82) is 0 Å². The number of thioether (sulfide) groups is 1. The second kappa shape index (κ2) is 9.19. The van der Waals surface area contributed by atoms with Crippen LogP contribution in [0.2, 0.25) is 0 Å². The molecule has 3 aromatic heterocycles. The van der Waals surface area contributed by atoms with E-state index in [2.05, 4.69) is 25.5 Å². The number of anilines is 1. The predicted octanol–water partition coefficient (Wildman–Crippen LogP) is 4.52. The zero-order chi connectivity index (χ0) is 20.9. The number of hydrogen-bond donors (Lipinski definition) is 1. The monoisotopic (exact) mass is 436 g/mol. The zero-order valence-corrected chi connectivity index (χ0v) is 18.2. The minimum absolute atomic E-state index is 0.130. The number of hydrogen-bond acceptors (Lipinski definition) is 7. The van der Waals surface area contributed by atoms with Crippen molar-refractivity contribution < 1.29 is 4.79 Å². The van der Waals surface area contributed by atoms with E-state index in [0.717, 1.165) is 17.0 Å². The third-order valence-electron chi connectivity index (χ3n) is 4.36. The van der Waals surface area contributed by atoms with Crippen LogP contribution in [0.5, 0.6) is 0 Å². The molecule has 1 aromatic carbocycles. The highest BCUT2D eigenvalue weighted by atomic mass is 32.2. The van der Waals surface area contributed by atoms with Crippen LogP contribution in [0.25, 0.3) is 22.8 Å². The van der Waals surface area contributed by atoms with Gasteiger partial charge in [-0.25, -0.2) is 4.98 Å². The van der Waals surface area contributed by atoms with Gasteiger partial charge in [0.25, 0.3) is 0 Å². The summed E-state index contributed by atoms with van der Waals surface area (Å²) in [6.07, 6.45) is 1.73. The molecule has 7 nitrogen and oxygen atoms in total. The summed E-state index contributed by atoms with van der Waals surface area (Å²) in [5.41, 5.74) is 3.85. The van der Waals surface area contributed by atoms with Gasteiger partial charge in [-0.3, -0.25) is 9.78 Å². The first-order chi connectivity index (χ1) is 14.6. The van der Waals surface area contributed by atoms with Gasteiger partial charge in [0.2, 0.25) is 5.91 Å². The Hall–Kier alpha value is -3.04. The van der Waals surface area contributed by atoms with Crippen LogP contribution in [0.4, 0.5) is 5.13 Å². The lowest BCUT2D eigenvalue weighted by Gasteiger charge is -2.06. The molecule has 0 saturated carbocycles. The standard InChI is InChI=1S/C21H20N6OS2/c1-3-27-19(16-6-4-5-11-22-16)25-26-21(27)30-13-18(28)24-20-23-17(12-29-20)15-9-7-14(2)8-10-15/h4-12H,3,13H2,1-2H3,(H,23,24,28). The molecule has 0 spiro atoms. The van der Waals surface area contributed by atoms with E-state index in [0.29, 0.717) is 22.7 Å². The Morgan fingerprint density at radius 2 is 1.97 bits per heavy atom. The lowest BCUT2D eigenvalue weighted by Crippen LogP contribution is -2.14. The highest BCUT2D eigenvalue weighted by molar-refractivity contribution is 7.99. The minimum atomic E-state index is -0.130. The Labute approximate surface area is 182 Å². The molecule has 9 heteroatoms. The molecule has 3 heterocycles. The molecule has 1 N–H and O–H groups in total. The van der Waals surface area contributed by atoms with Crippen molar-refractivity contribution in [2.45, 2.75) is 25.5 Å². The predicted molar refractivity (Wildman–Crippen MR) is 121 cm³/mol. The molecular formula is C21H20N6OS2. The fourth-order valence-electron chi connectivity index (χ4n) is 2.84. The lowest BCUT2D eigenvalue weighted by atomic mass is 10.1. The van der Waals surface area contributed by atoms with Gasteiger partial charge in [0.05, 0.1) is 11.4 Å². The van der Waals surface area contributed by atoms with E-state index in [9.17, 15) is 4.79 Å². The van der Waals surface area contributed by atoms with Crippen LogP contribution >= 0.6 is 23.1 Å². The van der Waals surface area contributed by atoms with Gasteiger partial charge in [-0.2, -0.15) is 0 Å². The van der Waals surface area contributed by atoms with Gasteiger partial charge >= 0.3 is 0 Å². The molecule has 0 aliphatic heterocycles. The number of carbonyl (C=O) groups excluding carboxylic acids is 1. The van der Waals surface area contributed by atoms with Crippen molar-refractivity contribution in [3.8, 4) is 22.8 Å². The second-order valence-electron chi connectivity index (χ2n) is 6.51. The average Bonchev–Trinajstić information content (AvgIpc) is 3.40. The molecule has 0 unspecified atom stereocenters. The van der Waals surface area contributed by atoms with Crippen LogP contribution in [-0.2, 0) is 11.3 Å². The summed E-state index contributed by atoms with van der Waals surface area (Å²) in [6, 6.07) is 13.8. The van der Waals surface area contributed by atoms with E-state index < -0.39 is 0 Å². The third-order valence-corrected chi connectivity index (χ3v) is 6.08. The summed E-state index contributed by atoms with van der Waals surface area (Å²) in [6.45, 7) is 4.75. The Balaban J connectivity index is 1.39. The number of aromatic nitrogens is 5. The molecule has 0 atom stereocenters. The van der Waals surface area contributed by atoms with Gasteiger partial charge in [0.1, 0.15) is 5.69 Å². The second-order valence-corrected chi connectivity index (χ2v) is 8.31. The van der Waals surface area contributed by atoms with Gasteiger partial charge in [0.15, 0.2) is 16.1 Å². The molecule has 152 valence electrons. The van der Waals surface area contributed by atoms with Crippen LogP contribution in [0.15, 0.2) is 59.2 Å². The number of rotatable bonds is 7. The van der Waals surface area contributed by atoms with Crippen molar-refractivity contribution in [3.05, 3.63) is 59.6 Å². The summed E-state index contributed by atoms with van der Waals surface area (Å²) in [5, 5.41) is 14.6. The molecule has 30 heavy (non-hydrogen) atoms. The maximum absolute atomic E-state index is 12.4. The van der Waals surface area contributed by atoms with Crippen LogP contribution in [-0.4, -0.2) is 36.4 Å². The van der Waals surface area contributed by atoms with Gasteiger partial charge in [-0.05, 0) is 26.0 Å². The molecule has 0 bridgehead atoms. The molecular weight excluding hydrogens is 416 g/mol. The molecule has 0 aliphatic rings. The number of pyridine rings is 1. The fourth-order valence-corrected chi connectivity index (χ4v) is 4.38. The summed E-state index contributed by atoms with van der Waals surface area (Å²) >= 11 is 2.76. The van der Waals surface area contributed by atoms with E-state index in [4.69, 9.17) is 0 Å². The Kier molecular flexibility index (Phi) is 6.20. The van der Waals surface area contributed by atoms with E-state index in [1.165, 1.54) is 28.7 Å². The number of carbonyl (C=O) groups is 1. The quantitative estimate of drug-likeness (QED) is 0.429. The first-order valence-electron chi connectivity index (χ1n) is 9.44. The number of nitrogens with zero attached hydrogens (tertiary/aromatic N) is 5. The Morgan fingerprint density at radius 3 is 2.70 bits per heavy atom. The van der Waals surface area contributed by atoms with Crippen LogP contribution < -0.4 is 5.32 Å². The van der Waals surface area contributed by atoms with Crippen LogP contribution in [0.3, 0.4) is 0 Å². The highest BCUT2D eigenvalue weighted by Crippen LogP contribution is 2.26. The third kappa shape index (κ3) is 4.58. The zero-order valence-electron chi connectivity index (χ0n) is 16.6. The summed E-state index contributed by atoms with van der Waals surface area (Å²) < 4.78 is 1.96. The van der Waals surface area contributed by atoms with E-state index in [1.807, 2.05) is 66.3 Å². The van der Waals surface area contributed by atoms with Crippen molar-refractivity contribution in [2.24, 2.45) is 0 Å². The van der Waals surface area contributed by atoms with Gasteiger partial charge < -0.3 is 9.88 Å². The maximum atomic E-state index is 12.4. The topological polar surface area (TPSA) is 85.6 Å². The van der Waals surface area contributed by atoms with Crippen LogP contribution in [0.1, 0.15) is 12.5 Å². The van der Waals surface area contributed by atoms with Gasteiger partial charge in [-0.1, -0.05) is 47.7 Å². The molecule has 0 saturated heterocycles.